The molecule has 0 aliphatic carbocycles. The first-order valence-electron chi connectivity index (χ1n) is 10.1. The minimum Gasteiger partial charge on any atom is -0.495 e. The topological polar surface area (TPSA) is 82.2 Å². The minimum atomic E-state index is -0.257. The Morgan fingerprint density at radius 3 is 2.68 bits per heavy atom. The van der Waals surface area contributed by atoms with Crippen molar-refractivity contribution < 1.29 is 13.9 Å². The van der Waals surface area contributed by atoms with Crippen LogP contribution in [-0.4, -0.2) is 27.8 Å². The van der Waals surface area contributed by atoms with Gasteiger partial charge in [-0.1, -0.05) is 18.2 Å². The monoisotopic (exact) mass is 414 g/mol. The molecule has 1 amide bonds. The number of aromatic nitrogens is 3. The average Bonchev–Trinajstić information content (AvgIpc) is 3.33. The van der Waals surface area contributed by atoms with Crippen LogP contribution in [0, 0.1) is 6.92 Å². The van der Waals surface area contributed by atoms with E-state index in [1.165, 1.54) is 0 Å². The molecule has 0 unspecified atom stereocenters. The lowest BCUT2D eigenvalue weighted by Crippen LogP contribution is -2.14. The summed E-state index contributed by atoms with van der Waals surface area (Å²) in [5.74, 6) is 0.305. The number of nitrogens with zero attached hydrogens (tertiary/aromatic N) is 3. The minimum absolute atomic E-state index is 0.137. The fourth-order valence-corrected chi connectivity index (χ4v) is 3.92. The molecule has 3 heterocycles. The van der Waals surface area contributed by atoms with E-state index < -0.39 is 0 Å². The molecule has 1 N–H and O–H groups in total. The number of rotatable bonds is 4. The van der Waals surface area contributed by atoms with Gasteiger partial charge in [0.25, 0.3) is 5.91 Å². The van der Waals surface area contributed by atoms with Crippen LogP contribution in [0.1, 0.15) is 35.9 Å². The summed E-state index contributed by atoms with van der Waals surface area (Å²) in [5.41, 5.74) is 3.97. The number of benzene rings is 2. The number of carbonyl (C=O) groups excluding carboxylic acids is 1. The molecule has 31 heavy (non-hydrogen) atoms. The lowest BCUT2D eigenvalue weighted by Gasteiger charge is -2.12. The molecule has 0 bridgehead atoms. The lowest BCUT2D eigenvalue weighted by atomic mass is 10.1. The number of ether oxygens (including phenoxy) is 1. The predicted molar refractivity (Wildman–Crippen MR) is 121 cm³/mol. The van der Waals surface area contributed by atoms with Crippen LogP contribution in [0.25, 0.3) is 33.0 Å². The number of nitrogens with one attached hydrogen (secondary N) is 1. The fraction of sp³-hybridized carbons (Fsp3) is 0.208. The molecule has 0 saturated heterocycles. The summed E-state index contributed by atoms with van der Waals surface area (Å²) in [7, 11) is 1.58. The number of aryl methyl sites for hydroxylation is 1. The molecular weight excluding hydrogens is 392 g/mol. The van der Waals surface area contributed by atoms with Crippen molar-refractivity contribution in [3.05, 3.63) is 59.9 Å². The largest absolute Gasteiger partial charge is 0.495 e. The van der Waals surface area contributed by atoms with E-state index in [0.29, 0.717) is 33.6 Å². The van der Waals surface area contributed by atoms with E-state index in [9.17, 15) is 4.79 Å². The first-order chi connectivity index (χ1) is 15.0. The second kappa shape index (κ2) is 7.12. The van der Waals surface area contributed by atoms with Crippen LogP contribution < -0.4 is 10.1 Å². The first-order valence-corrected chi connectivity index (χ1v) is 10.1. The molecule has 0 spiro atoms. The summed E-state index contributed by atoms with van der Waals surface area (Å²) < 4.78 is 13.4. The zero-order chi connectivity index (χ0) is 21.7. The number of hydrogen-bond donors (Lipinski definition) is 1. The van der Waals surface area contributed by atoms with Crippen molar-refractivity contribution in [2.45, 2.75) is 26.8 Å². The van der Waals surface area contributed by atoms with Gasteiger partial charge in [0.05, 0.1) is 29.9 Å². The molecule has 5 aromatic rings. The Bertz CT molecular complexity index is 1460. The maximum Gasteiger partial charge on any atom is 0.256 e. The Labute approximate surface area is 178 Å². The first kappa shape index (κ1) is 19.1. The van der Waals surface area contributed by atoms with Crippen molar-refractivity contribution in [1.29, 1.82) is 0 Å². The standard InChI is InChI=1S/C24H22N4O3/c1-13(2)28-23-18(12-25-28)17(9-14(3)26-23)24(29)27-19-11-21-16(10-22(19)30-4)15-7-5-6-8-20(15)31-21/h5-13H,1-4H3,(H,27,29). The highest BCUT2D eigenvalue weighted by atomic mass is 16.5. The summed E-state index contributed by atoms with van der Waals surface area (Å²) in [4.78, 5) is 17.9. The second-order valence-electron chi connectivity index (χ2n) is 7.83. The zero-order valence-electron chi connectivity index (χ0n) is 17.8. The highest BCUT2D eigenvalue weighted by Gasteiger charge is 2.19. The molecule has 3 aromatic heterocycles. The number of carbonyl (C=O) groups is 1. The molecule has 5 rings (SSSR count). The summed E-state index contributed by atoms with van der Waals surface area (Å²) in [6, 6.07) is 13.4. The molecule has 2 aromatic carbocycles. The highest BCUT2D eigenvalue weighted by Crippen LogP contribution is 2.36. The van der Waals surface area contributed by atoms with Gasteiger partial charge in [0.1, 0.15) is 16.9 Å². The van der Waals surface area contributed by atoms with E-state index in [4.69, 9.17) is 9.15 Å². The Hall–Kier alpha value is -3.87. The zero-order valence-corrected chi connectivity index (χ0v) is 17.8. The second-order valence-corrected chi connectivity index (χ2v) is 7.83. The van der Waals surface area contributed by atoms with Crippen molar-refractivity contribution in [3.8, 4) is 5.75 Å². The van der Waals surface area contributed by atoms with Crippen LogP contribution in [0.15, 0.2) is 53.1 Å². The third-order valence-electron chi connectivity index (χ3n) is 5.38. The van der Waals surface area contributed by atoms with Gasteiger partial charge >= 0.3 is 0 Å². The van der Waals surface area contributed by atoms with E-state index >= 15 is 0 Å². The number of fused-ring (bicyclic) bond motifs is 4. The fourth-order valence-electron chi connectivity index (χ4n) is 3.92. The smallest absolute Gasteiger partial charge is 0.256 e. The van der Waals surface area contributed by atoms with E-state index in [0.717, 1.165) is 22.0 Å². The van der Waals surface area contributed by atoms with E-state index in [1.54, 1.807) is 25.4 Å². The molecule has 0 aliphatic rings. The predicted octanol–water partition coefficient (Wildman–Crippen LogP) is 5.48. The number of amides is 1. The van der Waals surface area contributed by atoms with Gasteiger partial charge in [-0.25, -0.2) is 9.67 Å². The number of hydrogen-bond acceptors (Lipinski definition) is 5. The molecule has 0 aliphatic heterocycles. The Balaban J connectivity index is 1.60. The third-order valence-corrected chi connectivity index (χ3v) is 5.38. The van der Waals surface area contributed by atoms with E-state index in [1.807, 2.05) is 55.8 Å². The van der Waals surface area contributed by atoms with Gasteiger partial charge in [-0.2, -0.15) is 5.10 Å². The number of para-hydroxylation sites is 1. The quantitative estimate of drug-likeness (QED) is 0.421. The van der Waals surface area contributed by atoms with Gasteiger partial charge in [0, 0.05) is 28.6 Å². The Morgan fingerprint density at radius 1 is 1.10 bits per heavy atom. The van der Waals surface area contributed by atoms with Gasteiger partial charge in [-0.05, 0) is 39.0 Å². The maximum absolute atomic E-state index is 13.3. The Kier molecular flexibility index (Phi) is 4.39. The van der Waals surface area contributed by atoms with E-state index in [2.05, 4.69) is 15.4 Å². The van der Waals surface area contributed by atoms with Gasteiger partial charge in [-0.3, -0.25) is 4.79 Å². The number of anilines is 1. The van der Waals surface area contributed by atoms with E-state index in [-0.39, 0.29) is 11.9 Å². The maximum atomic E-state index is 13.3. The molecule has 0 radical (unpaired) electrons. The number of methoxy groups -OCH3 is 1. The van der Waals surface area contributed by atoms with Crippen LogP contribution in [0.2, 0.25) is 0 Å². The van der Waals surface area contributed by atoms with Crippen molar-refractivity contribution in [2.24, 2.45) is 0 Å². The Morgan fingerprint density at radius 2 is 1.90 bits per heavy atom. The summed E-state index contributed by atoms with van der Waals surface area (Å²) in [5, 5.41) is 10.0. The van der Waals surface area contributed by atoms with Gasteiger partial charge in [0.15, 0.2) is 5.65 Å². The van der Waals surface area contributed by atoms with Crippen molar-refractivity contribution in [2.75, 3.05) is 12.4 Å². The summed E-state index contributed by atoms with van der Waals surface area (Å²) in [6.07, 6.45) is 1.69. The molecule has 0 atom stereocenters. The lowest BCUT2D eigenvalue weighted by molar-refractivity contribution is 0.102. The third kappa shape index (κ3) is 3.09. The molecule has 0 fully saturated rings. The molecule has 7 heteroatoms. The normalized spacial score (nSPS) is 11.6. The van der Waals surface area contributed by atoms with Crippen LogP contribution in [-0.2, 0) is 0 Å². The van der Waals surface area contributed by atoms with Gasteiger partial charge in [0.2, 0.25) is 0 Å². The summed E-state index contributed by atoms with van der Waals surface area (Å²) in [6.45, 7) is 5.93. The SMILES string of the molecule is COc1cc2c(cc1NC(=O)c1cc(C)nc3c1cnn3C(C)C)oc1ccccc12. The molecule has 7 nitrogen and oxygen atoms in total. The summed E-state index contributed by atoms with van der Waals surface area (Å²) >= 11 is 0. The van der Waals surface area contributed by atoms with Crippen LogP contribution >= 0.6 is 0 Å². The van der Waals surface area contributed by atoms with Crippen LogP contribution in [0.5, 0.6) is 5.75 Å². The molecule has 0 saturated carbocycles. The highest BCUT2D eigenvalue weighted by molar-refractivity contribution is 6.14. The van der Waals surface area contributed by atoms with Crippen LogP contribution in [0.4, 0.5) is 5.69 Å². The molecule has 156 valence electrons. The van der Waals surface area contributed by atoms with Crippen molar-refractivity contribution >= 4 is 44.6 Å². The van der Waals surface area contributed by atoms with Crippen LogP contribution in [0.3, 0.4) is 0 Å². The van der Waals surface area contributed by atoms with Crippen molar-refractivity contribution in [3.63, 3.8) is 0 Å². The van der Waals surface area contributed by atoms with Crippen molar-refractivity contribution in [1.82, 2.24) is 14.8 Å². The van der Waals surface area contributed by atoms with Gasteiger partial charge in [-0.15, -0.1) is 0 Å². The number of pyridine rings is 1. The average molecular weight is 414 g/mol. The van der Waals surface area contributed by atoms with Gasteiger partial charge < -0.3 is 14.5 Å². The number of furan rings is 1. The molecular formula is C24H22N4O3.